The lowest BCUT2D eigenvalue weighted by atomic mass is 9.68. The summed E-state index contributed by atoms with van der Waals surface area (Å²) in [7, 11) is 0. The summed E-state index contributed by atoms with van der Waals surface area (Å²) in [4.78, 5) is 5.39. The van der Waals surface area contributed by atoms with Crippen molar-refractivity contribution in [3.8, 4) is 0 Å². The molecule has 1 atom stereocenters. The summed E-state index contributed by atoms with van der Waals surface area (Å²) in [6, 6.07) is 0. The van der Waals surface area contributed by atoms with Crippen molar-refractivity contribution in [1.29, 1.82) is 0 Å². The minimum atomic E-state index is 0.288. The average molecular weight is 339 g/mol. The third kappa shape index (κ3) is 5.17. The maximum Gasteiger partial charge on any atom is 0.0257 e. The molecule has 2 saturated heterocycles. The van der Waals surface area contributed by atoms with Gasteiger partial charge in [0.15, 0.2) is 0 Å². The second kappa shape index (κ2) is 8.48. The van der Waals surface area contributed by atoms with E-state index in [1.54, 1.807) is 0 Å². The predicted molar refractivity (Wildman–Crippen MR) is 104 cm³/mol. The molecule has 2 rings (SSSR count). The van der Waals surface area contributed by atoms with Crippen LogP contribution in [0.25, 0.3) is 0 Å². The molecule has 4 heteroatoms. The molecule has 1 unspecified atom stereocenters. The highest BCUT2D eigenvalue weighted by Gasteiger charge is 2.40. The Morgan fingerprint density at radius 2 is 1.58 bits per heavy atom. The van der Waals surface area contributed by atoms with Crippen LogP contribution in [0.4, 0.5) is 0 Å². The highest BCUT2D eigenvalue weighted by molar-refractivity contribution is 4.95. The molecule has 24 heavy (non-hydrogen) atoms. The van der Waals surface area contributed by atoms with Crippen molar-refractivity contribution in [3.63, 3.8) is 0 Å². The molecule has 2 aliphatic heterocycles. The number of hydrazine groups is 1. The highest BCUT2D eigenvalue weighted by atomic mass is 15.4. The van der Waals surface area contributed by atoms with E-state index in [0.717, 1.165) is 32.1 Å². The maximum atomic E-state index is 5.94. The molecule has 2 N–H and O–H groups in total. The van der Waals surface area contributed by atoms with Gasteiger partial charge in [0.2, 0.25) is 0 Å². The molecule has 0 saturated carbocycles. The summed E-state index contributed by atoms with van der Waals surface area (Å²) in [5.41, 5.74) is 0.825. The van der Waals surface area contributed by atoms with Crippen LogP contribution in [-0.2, 0) is 0 Å². The van der Waals surface area contributed by atoms with Crippen LogP contribution in [0.2, 0.25) is 0 Å². The molecular formula is C20H42N4. The molecule has 0 radical (unpaired) electrons. The first-order valence-corrected chi connectivity index (χ1v) is 10.3. The Labute approximate surface area is 150 Å². The Hall–Kier alpha value is -0.160. The van der Waals surface area contributed by atoms with Gasteiger partial charge in [-0.2, -0.15) is 0 Å². The zero-order valence-corrected chi connectivity index (χ0v) is 17.0. The van der Waals surface area contributed by atoms with E-state index >= 15 is 0 Å². The number of hydrogen-bond donors (Lipinski definition) is 1. The summed E-state index contributed by atoms with van der Waals surface area (Å²) < 4.78 is 0. The van der Waals surface area contributed by atoms with Crippen LogP contribution >= 0.6 is 0 Å². The first-order chi connectivity index (χ1) is 11.3. The summed E-state index contributed by atoms with van der Waals surface area (Å²) in [5.74, 6) is 6.78. The maximum absolute atomic E-state index is 5.94. The van der Waals surface area contributed by atoms with Gasteiger partial charge in [-0.15, -0.1) is 0 Å². The van der Waals surface area contributed by atoms with E-state index in [1.807, 2.05) is 5.01 Å². The van der Waals surface area contributed by atoms with Gasteiger partial charge in [-0.25, -0.2) is 5.01 Å². The summed E-state index contributed by atoms with van der Waals surface area (Å²) in [5, 5.41) is 1.97. The molecule has 0 bridgehead atoms. The lowest BCUT2D eigenvalue weighted by Crippen LogP contribution is -2.58. The van der Waals surface area contributed by atoms with Crippen molar-refractivity contribution in [3.05, 3.63) is 0 Å². The first kappa shape index (κ1) is 20.2. The van der Waals surface area contributed by atoms with Gasteiger partial charge in [0.25, 0.3) is 0 Å². The molecule has 2 aliphatic rings. The molecule has 0 amide bonds. The molecule has 0 aliphatic carbocycles. The van der Waals surface area contributed by atoms with Crippen LogP contribution in [0.1, 0.15) is 66.7 Å². The fourth-order valence-electron chi connectivity index (χ4n) is 4.79. The van der Waals surface area contributed by atoms with E-state index < -0.39 is 0 Å². The standard InChI is InChI=1S/C20H42N4/c1-6-18(3)16-22-10-8-20(7-2,9-11-22)17-19(4,5)23-12-14-24(21)15-13-23/h18H,6-17,21H2,1-5H3. The lowest BCUT2D eigenvalue weighted by molar-refractivity contribution is -0.00654. The molecule has 0 spiro atoms. The third-order valence-electron chi connectivity index (χ3n) is 6.91. The Kier molecular flexibility index (Phi) is 7.12. The van der Waals surface area contributed by atoms with E-state index in [1.165, 1.54) is 51.7 Å². The van der Waals surface area contributed by atoms with Crippen molar-refractivity contribution >= 4 is 0 Å². The Morgan fingerprint density at radius 1 is 1.00 bits per heavy atom. The Bertz CT molecular complexity index is 366. The normalized spacial score (nSPS) is 25.8. The van der Waals surface area contributed by atoms with E-state index in [-0.39, 0.29) is 5.54 Å². The SMILES string of the molecule is CCC(C)CN1CCC(CC)(CC(C)(C)N2CCN(N)CC2)CC1. The third-order valence-corrected chi connectivity index (χ3v) is 6.91. The molecular weight excluding hydrogens is 296 g/mol. The van der Waals surface area contributed by atoms with Gasteiger partial charge in [0, 0.05) is 38.3 Å². The highest BCUT2D eigenvalue weighted by Crippen LogP contribution is 2.43. The Balaban J connectivity index is 1.91. The van der Waals surface area contributed by atoms with Crippen molar-refractivity contribution in [1.82, 2.24) is 14.8 Å². The summed E-state index contributed by atoms with van der Waals surface area (Å²) >= 11 is 0. The van der Waals surface area contributed by atoms with E-state index in [0.29, 0.717) is 5.41 Å². The second-order valence-electron chi connectivity index (χ2n) is 9.18. The molecule has 4 nitrogen and oxygen atoms in total. The van der Waals surface area contributed by atoms with Crippen LogP contribution in [0.3, 0.4) is 0 Å². The van der Waals surface area contributed by atoms with Crippen molar-refractivity contribution in [2.24, 2.45) is 17.2 Å². The number of nitrogens with zero attached hydrogens (tertiary/aromatic N) is 3. The molecule has 142 valence electrons. The van der Waals surface area contributed by atoms with Crippen molar-refractivity contribution < 1.29 is 0 Å². The smallest absolute Gasteiger partial charge is 0.0257 e. The minimum absolute atomic E-state index is 0.288. The number of nitrogens with two attached hydrogens (primary N) is 1. The van der Waals surface area contributed by atoms with Gasteiger partial charge in [0.05, 0.1) is 0 Å². The van der Waals surface area contributed by atoms with Crippen LogP contribution in [0.5, 0.6) is 0 Å². The van der Waals surface area contributed by atoms with E-state index in [9.17, 15) is 0 Å². The zero-order chi connectivity index (χ0) is 17.8. The minimum Gasteiger partial charge on any atom is -0.303 e. The van der Waals surface area contributed by atoms with Crippen LogP contribution in [0, 0.1) is 11.3 Å². The summed E-state index contributed by atoms with van der Waals surface area (Å²) in [6.07, 6.45) is 6.71. The molecule has 2 heterocycles. The van der Waals surface area contributed by atoms with Gasteiger partial charge in [0.1, 0.15) is 0 Å². The van der Waals surface area contributed by atoms with Gasteiger partial charge in [-0.3, -0.25) is 10.7 Å². The van der Waals surface area contributed by atoms with Crippen LogP contribution < -0.4 is 5.84 Å². The Morgan fingerprint density at radius 3 is 2.08 bits per heavy atom. The zero-order valence-electron chi connectivity index (χ0n) is 17.0. The molecule has 2 fully saturated rings. The fourth-order valence-corrected chi connectivity index (χ4v) is 4.79. The van der Waals surface area contributed by atoms with E-state index in [4.69, 9.17) is 5.84 Å². The molecule has 0 aromatic heterocycles. The number of hydrogen-bond acceptors (Lipinski definition) is 4. The average Bonchev–Trinajstić information content (AvgIpc) is 2.57. The number of piperidine rings is 1. The number of piperazine rings is 1. The van der Waals surface area contributed by atoms with Gasteiger partial charge >= 0.3 is 0 Å². The van der Waals surface area contributed by atoms with Crippen molar-refractivity contribution in [2.75, 3.05) is 45.8 Å². The van der Waals surface area contributed by atoms with Crippen LogP contribution in [0.15, 0.2) is 0 Å². The number of likely N-dealkylation sites (tertiary alicyclic amines) is 1. The predicted octanol–water partition coefficient (Wildman–Crippen LogP) is 3.18. The van der Waals surface area contributed by atoms with Gasteiger partial charge in [-0.1, -0.05) is 33.6 Å². The monoisotopic (exact) mass is 338 g/mol. The molecule has 0 aromatic rings. The lowest BCUT2D eigenvalue weighted by Gasteiger charge is -2.50. The quantitative estimate of drug-likeness (QED) is 0.723. The number of rotatable bonds is 7. The van der Waals surface area contributed by atoms with Crippen LogP contribution in [-0.4, -0.2) is 66.2 Å². The topological polar surface area (TPSA) is 35.7 Å². The van der Waals surface area contributed by atoms with Gasteiger partial charge in [-0.05, 0) is 57.5 Å². The van der Waals surface area contributed by atoms with Gasteiger partial charge < -0.3 is 4.90 Å². The van der Waals surface area contributed by atoms with E-state index in [2.05, 4.69) is 44.4 Å². The second-order valence-corrected chi connectivity index (χ2v) is 9.18. The fraction of sp³-hybridized carbons (Fsp3) is 1.00. The van der Waals surface area contributed by atoms with Crippen molar-refractivity contribution in [2.45, 2.75) is 72.3 Å². The summed E-state index contributed by atoms with van der Waals surface area (Å²) in [6.45, 7) is 20.2. The largest absolute Gasteiger partial charge is 0.303 e. The first-order valence-electron chi connectivity index (χ1n) is 10.3. The molecule has 0 aromatic carbocycles.